The van der Waals surface area contributed by atoms with Crippen LogP contribution in [0, 0.1) is 0 Å². The van der Waals surface area contributed by atoms with Gasteiger partial charge in [-0.1, -0.05) is 36.4 Å². The highest BCUT2D eigenvalue weighted by Crippen LogP contribution is 2.47. The van der Waals surface area contributed by atoms with Crippen LogP contribution in [0.5, 0.6) is 5.75 Å². The number of fused-ring (bicyclic) bond motifs is 10. The van der Waals surface area contributed by atoms with Gasteiger partial charge in [0.2, 0.25) is 0 Å². The molecule has 0 radical (unpaired) electrons. The van der Waals surface area contributed by atoms with Crippen LogP contribution in [0.4, 0.5) is 0 Å². The van der Waals surface area contributed by atoms with E-state index in [4.69, 9.17) is 9.15 Å². The minimum Gasteiger partial charge on any atom is -0.485 e. The summed E-state index contributed by atoms with van der Waals surface area (Å²) in [5, 5.41) is 3.70. The predicted octanol–water partition coefficient (Wildman–Crippen LogP) is 6.98. The van der Waals surface area contributed by atoms with Gasteiger partial charge in [-0.25, -0.2) is 0 Å². The van der Waals surface area contributed by atoms with Gasteiger partial charge in [-0.05, 0) is 44.2 Å². The third kappa shape index (κ3) is 1.95. The lowest BCUT2D eigenvalue weighted by Crippen LogP contribution is -2.22. The second-order valence-corrected chi connectivity index (χ2v) is 8.66. The van der Waals surface area contributed by atoms with Crippen LogP contribution in [-0.2, 0) is 6.42 Å². The summed E-state index contributed by atoms with van der Waals surface area (Å²) in [5.74, 6) is 1.00. The van der Waals surface area contributed by atoms with Crippen molar-refractivity contribution in [2.24, 2.45) is 0 Å². The summed E-state index contributed by atoms with van der Waals surface area (Å²) in [7, 11) is 0. The van der Waals surface area contributed by atoms with Crippen molar-refractivity contribution in [1.82, 2.24) is 4.57 Å². The minimum atomic E-state index is 0.0910. The smallest absolute Gasteiger partial charge is 0.137 e. The second kappa shape index (κ2) is 5.57. The zero-order valence-corrected chi connectivity index (χ0v) is 17.0. The maximum Gasteiger partial charge on any atom is 0.137 e. The quantitative estimate of drug-likeness (QED) is 0.308. The highest BCUT2D eigenvalue weighted by molar-refractivity contribution is 6.20. The molecule has 2 aromatic heterocycles. The van der Waals surface area contributed by atoms with Gasteiger partial charge in [-0.15, -0.1) is 0 Å². The Hall–Kier alpha value is -3.46. The van der Waals surface area contributed by atoms with Crippen LogP contribution in [0.15, 0.2) is 65.1 Å². The summed E-state index contributed by atoms with van der Waals surface area (Å²) in [6.07, 6.45) is 3.35. The Morgan fingerprint density at radius 2 is 1.73 bits per heavy atom. The summed E-state index contributed by atoms with van der Waals surface area (Å²) in [4.78, 5) is 0. The van der Waals surface area contributed by atoms with Gasteiger partial charge in [0.1, 0.15) is 23.0 Å². The molecule has 146 valence electrons. The van der Waals surface area contributed by atoms with Crippen LogP contribution in [0.2, 0.25) is 0 Å². The molecule has 1 atom stereocenters. The Morgan fingerprint density at radius 3 is 2.63 bits per heavy atom. The minimum absolute atomic E-state index is 0.0910. The summed E-state index contributed by atoms with van der Waals surface area (Å²) in [5.41, 5.74) is 8.41. The molecule has 1 aliphatic carbocycles. The topological polar surface area (TPSA) is 27.3 Å². The van der Waals surface area contributed by atoms with Crippen molar-refractivity contribution in [2.75, 3.05) is 0 Å². The molecule has 0 saturated carbocycles. The van der Waals surface area contributed by atoms with Crippen molar-refractivity contribution in [3.8, 4) is 5.75 Å². The van der Waals surface area contributed by atoms with E-state index in [0.717, 1.165) is 23.3 Å². The molecule has 1 aliphatic heterocycles. The average Bonchev–Trinajstić information content (AvgIpc) is 3.40. The van der Waals surface area contributed by atoms with E-state index in [9.17, 15) is 0 Å². The zero-order valence-electron chi connectivity index (χ0n) is 17.0. The van der Waals surface area contributed by atoms with Gasteiger partial charge in [0.15, 0.2) is 0 Å². The summed E-state index contributed by atoms with van der Waals surface area (Å²) < 4.78 is 15.0. The number of nitrogens with zero attached hydrogens (tertiary/aromatic N) is 1. The monoisotopic (exact) mass is 391 g/mol. The molecule has 3 aromatic carbocycles. The fourth-order valence-corrected chi connectivity index (χ4v) is 5.48. The highest BCUT2D eigenvalue weighted by Gasteiger charge is 2.35. The number of hydrogen-bond donors (Lipinski definition) is 0. The van der Waals surface area contributed by atoms with Crippen molar-refractivity contribution in [3.05, 3.63) is 77.5 Å². The number of furan rings is 1. The number of ether oxygens (including phenoxy) is 1. The molecule has 3 nitrogen and oxygen atoms in total. The molecular formula is C27H21NO2. The summed E-state index contributed by atoms with van der Waals surface area (Å²) in [6.45, 7) is 4.54. The van der Waals surface area contributed by atoms with Crippen LogP contribution in [0.1, 0.15) is 36.7 Å². The SMILES string of the molecule is CC(C)n1c2c(c3ccc4oc5ccccc5c4c31)C=C1c3ccccc3OC1C2. The van der Waals surface area contributed by atoms with Gasteiger partial charge >= 0.3 is 0 Å². The molecule has 0 fully saturated rings. The standard InChI is InChI=1S/C27H21NO2/c1-15(2)28-21-14-25-20(16-7-3-5-9-22(16)30-25)13-19(21)17-11-12-24-26(27(17)28)18-8-4-6-10-23(18)29-24/h3-13,15,25H,14H2,1-2H3. The third-order valence-corrected chi connectivity index (χ3v) is 6.66. The van der Waals surface area contributed by atoms with Gasteiger partial charge in [-0.3, -0.25) is 0 Å². The average molecular weight is 391 g/mol. The van der Waals surface area contributed by atoms with E-state index in [0.29, 0.717) is 6.04 Å². The molecule has 0 bridgehead atoms. The first-order chi connectivity index (χ1) is 14.7. The molecule has 0 amide bonds. The lowest BCUT2D eigenvalue weighted by molar-refractivity contribution is 0.272. The van der Waals surface area contributed by atoms with Gasteiger partial charge in [0.05, 0.1) is 10.9 Å². The molecule has 2 aliphatic rings. The first kappa shape index (κ1) is 16.3. The molecule has 3 heteroatoms. The van der Waals surface area contributed by atoms with E-state index < -0.39 is 0 Å². The molecular weight excluding hydrogens is 370 g/mol. The summed E-state index contributed by atoms with van der Waals surface area (Å²) >= 11 is 0. The van der Waals surface area contributed by atoms with E-state index in [1.807, 2.05) is 12.1 Å². The van der Waals surface area contributed by atoms with Crippen molar-refractivity contribution in [2.45, 2.75) is 32.4 Å². The van der Waals surface area contributed by atoms with Gasteiger partial charge in [0.25, 0.3) is 0 Å². The van der Waals surface area contributed by atoms with Crippen LogP contribution in [-0.4, -0.2) is 10.7 Å². The van der Waals surface area contributed by atoms with Gasteiger partial charge in [0, 0.05) is 45.6 Å². The van der Waals surface area contributed by atoms with Crippen molar-refractivity contribution >= 4 is 44.5 Å². The highest BCUT2D eigenvalue weighted by atomic mass is 16.5. The lowest BCUT2D eigenvalue weighted by Gasteiger charge is -2.22. The number of para-hydroxylation sites is 2. The van der Waals surface area contributed by atoms with E-state index in [2.05, 4.69) is 73.0 Å². The van der Waals surface area contributed by atoms with E-state index in [1.165, 1.54) is 44.1 Å². The Bertz CT molecular complexity index is 1530. The molecule has 0 N–H and O–H groups in total. The van der Waals surface area contributed by atoms with Crippen LogP contribution in [0.25, 0.3) is 44.5 Å². The molecule has 1 unspecified atom stereocenters. The normalized spacial score (nSPS) is 17.3. The Morgan fingerprint density at radius 1 is 0.900 bits per heavy atom. The van der Waals surface area contributed by atoms with Gasteiger partial charge < -0.3 is 13.7 Å². The van der Waals surface area contributed by atoms with E-state index >= 15 is 0 Å². The van der Waals surface area contributed by atoms with Crippen molar-refractivity contribution < 1.29 is 9.15 Å². The lowest BCUT2D eigenvalue weighted by atomic mass is 9.90. The number of aromatic nitrogens is 1. The second-order valence-electron chi connectivity index (χ2n) is 8.66. The molecule has 0 spiro atoms. The van der Waals surface area contributed by atoms with Crippen LogP contribution >= 0.6 is 0 Å². The fourth-order valence-electron chi connectivity index (χ4n) is 5.48. The number of rotatable bonds is 1. The third-order valence-electron chi connectivity index (χ3n) is 6.66. The maximum absolute atomic E-state index is 6.34. The predicted molar refractivity (Wildman–Crippen MR) is 122 cm³/mol. The van der Waals surface area contributed by atoms with E-state index in [1.54, 1.807) is 0 Å². The molecule has 0 saturated heterocycles. The van der Waals surface area contributed by atoms with Crippen molar-refractivity contribution in [1.29, 1.82) is 0 Å². The van der Waals surface area contributed by atoms with Crippen molar-refractivity contribution in [3.63, 3.8) is 0 Å². The molecule has 3 heterocycles. The van der Waals surface area contributed by atoms with Gasteiger partial charge in [-0.2, -0.15) is 0 Å². The first-order valence-corrected chi connectivity index (χ1v) is 10.7. The molecule has 5 aromatic rings. The zero-order chi connectivity index (χ0) is 20.0. The largest absolute Gasteiger partial charge is 0.485 e. The summed E-state index contributed by atoms with van der Waals surface area (Å²) in [6, 6.07) is 21.5. The maximum atomic E-state index is 6.34. The number of hydrogen-bond acceptors (Lipinski definition) is 2. The Labute approximate surface area is 174 Å². The fraction of sp³-hybridized carbons (Fsp3) is 0.185. The molecule has 30 heavy (non-hydrogen) atoms. The van der Waals surface area contributed by atoms with Crippen LogP contribution < -0.4 is 4.74 Å². The van der Waals surface area contributed by atoms with E-state index in [-0.39, 0.29) is 6.10 Å². The Kier molecular flexibility index (Phi) is 3.04. The van der Waals surface area contributed by atoms with Crippen LogP contribution in [0.3, 0.4) is 0 Å². The Balaban J connectivity index is 1.62. The number of benzene rings is 3. The first-order valence-electron chi connectivity index (χ1n) is 10.7. The molecule has 7 rings (SSSR count).